The van der Waals surface area contributed by atoms with Crippen molar-refractivity contribution in [3.8, 4) is 0 Å². The van der Waals surface area contributed by atoms with Gasteiger partial charge in [0.05, 0.1) is 12.8 Å². The second kappa shape index (κ2) is 6.92. The first-order valence-corrected chi connectivity index (χ1v) is 8.18. The second-order valence-electron chi connectivity index (χ2n) is 6.30. The number of urea groups is 1. The molecule has 0 saturated heterocycles. The van der Waals surface area contributed by atoms with E-state index in [-0.39, 0.29) is 5.41 Å². The molecule has 0 bridgehead atoms. The smallest absolute Gasteiger partial charge is 0.350 e. The summed E-state index contributed by atoms with van der Waals surface area (Å²) >= 11 is 1.32. The number of carbonyl (C=O) groups is 2. The van der Waals surface area contributed by atoms with E-state index < -0.39 is 12.0 Å². The van der Waals surface area contributed by atoms with Crippen LogP contribution in [0.15, 0.2) is 30.3 Å². The van der Waals surface area contributed by atoms with Crippen LogP contribution in [-0.2, 0) is 10.2 Å². The third-order valence-corrected chi connectivity index (χ3v) is 4.80. The summed E-state index contributed by atoms with van der Waals surface area (Å²) in [5.74, 6) is -0.474. The molecule has 0 aliphatic heterocycles. The van der Waals surface area contributed by atoms with Crippen LogP contribution in [-0.4, -0.2) is 19.1 Å². The van der Waals surface area contributed by atoms with Gasteiger partial charge < -0.3 is 21.1 Å². The Labute approximate surface area is 145 Å². The highest BCUT2D eigenvalue weighted by molar-refractivity contribution is 7.14. The standard InChI is InChI=1S/C17H21N3O3S/c1-17(2,3)13-9-12(14(24-13)15(21)23-4)20-16(22)19-11-7-5-10(18)6-8-11/h5-9H,18H2,1-4H3,(H2,19,20,22). The number of carbonyl (C=O) groups excluding carboxylic acids is 2. The summed E-state index contributed by atoms with van der Waals surface area (Å²) in [6.07, 6.45) is 0. The summed E-state index contributed by atoms with van der Waals surface area (Å²) in [6, 6.07) is 8.15. The Kier molecular flexibility index (Phi) is 5.14. The Morgan fingerprint density at radius 3 is 2.29 bits per heavy atom. The van der Waals surface area contributed by atoms with Crippen LogP contribution in [0.2, 0.25) is 0 Å². The van der Waals surface area contributed by atoms with Gasteiger partial charge in [-0.1, -0.05) is 20.8 Å². The minimum atomic E-state index is -0.474. The van der Waals surface area contributed by atoms with E-state index in [4.69, 9.17) is 10.5 Å². The molecule has 0 aliphatic rings. The molecule has 128 valence electrons. The molecule has 6 nitrogen and oxygen atoms in total. The fourth-order valence-electron chi connectivity index (χ4n) is 1.95. The highest BCUT2D eigenvalue weighted by Gasteiger charge is 2.24. The maximum Gasteiger partial charge on any atom is 0.350 e. The van der Waals surface area contributed by atoms with E-state index in [1.54, 1.807) is 30.3 Å². The number of esters is 1. The molecule has 1 aromatic carbocycles. The minimum absolute atomic E-state index is 0.138. The number of hydrogen-bond donors (Lipinski definition) is 3. The first-order valence-electron chi connectivity index (χ1n) is 7.37. The van der Waals surface area contributed by atoms with Gasteiger partial charge in [0.25, 0.3) is 0 Å². The Morgan fingerprint density at radius 2 is 1.75 bits per heavy atom. The lowest BCUT2D eigenvalue weighted by molar-refractivity contribution is 0.0607. The number of anilines is 3. The summed E-state index contributed by atoms with van der Waals surface area (Å²) in [4.78, 5) is 25.5. The SMILES string of the molecule is COC(=O)c1sc(C(C)(C)C)cc1NC(=O)Nc1ccc(N)cc1. The zero-order valence-corrected chi connectivity index (χ0v) is 14.9. The summed E-state index contributed by atoms with van der Waals surface area (Å²) in [5, 5.41) is 5.41. The summed E-state index contributed by atoms with van der Waals surface area (Å²) in [7, 11) is 1.32. The fraction of sp³-hybridized carbons (Fsp3) is 0.294. The van der Waals surface area contributed by atoms with Crippen LogP contribution < -0.4 is 16.4 Å². The van der Waals surface area contributed by atoms with Crippen molar-refractivity contribution in [3.05, 3.63) is 40.1 Å². The predicted octanol–water partition coefficient (Wildman–Crippen LogP) is 4.06. The minimum Gasteiger partial charge on any atom is -0.465 e. The van der Waals surface area contributed by atoms with Crippen LogP contribution in [0.1, 0.15) is 35.3 Å². The number of thiophene rings is 1. The molecule has 1 aromatic heterocycles. The van der Waals surface area contributed by atoms with E-state index >= 15 is 0 Å². The van der Waals surface area contributed by atoms with Crippen LogP contribution in [0, 0.1) is 0 Å². The highest BCUT2D eigenvalue weighted by Crippen LogP contribution is 2.35. The molecule has 0 fully saturated rings. The molecule has 0 unspecified atom stereocenters. The molecular weight excluding hydrogens is 326 g/mol. The summed E-state index contributed by atoms with van der Waals surface area (Å²) in [6.45, 7) is 6.12. The molecule has 1 heterocycles. The average Bonchev–Trinajstić information content (AvgIpc) is 2.92. The molecule has 7 heteroatoms. The monoisotopic (exact) mass is 347 g/mol. The normalized spacial score (nSPS) is 11.0. The molecule has 2 amide bonds. The number of benzene rings is 1. The van der Waals surface area contributed by atoms with Crippen molar-refractivity contribution in [2.45, 2.75) is 26.2 Å². The van der Waals surface area contributed by atoms with Gasteiger partial charge >= 0.3 is 12.0 Å². The van der Waals surface area contributed by atoms with Crippen molar-refractivity contribution < 1.29 is 14.3 Å². The van der Waals surface area contributed by atoms with Gasteiger partial charge in [-0.25, -0.2) is 9.59 Å². The number of ether oxygens (including phenoxy) is 1. The molecule has 0 radical (unpaired) electrons. The van der Waals surface area contributed by atoms with Crippen LogP contribution >= 0.6 is 11.3 Å². The third kappa shape index (κ3) is 4.26. The molecule has 0 saturated carbocycles. The maximum absolute atomic E-state index is 12.2. The Bertz CT molecular complexity index is 745. The Morgan fingerprint density at radius 1 is 1.12 bits per heavy atom. The number of methoxy groups -OCH3 is 1. The van der Waals surface area contributed by atoms with Gasteiger partial charge in [0.2, 0.25) is 0 Å². The van der Waals surface area contributed by atoms with E-state index in [1.807, 2.05) is 20.8 Å². The van der Waals surface area contributed by atoms with E-state index in [0.29, 0.717) is 21.9 Å². The lowest BCUT2D eigenvalue weighted by Crippen LogP contribution is -2.20. The fourth-order valence-corrected chi connectivity index (χ4v) is 3.04. The molecule has 4 N–H and O–H groups in total. The topological polar surface area (TPSA) is 93.4 Å². The summed E-state index contributed by atoms with van der Waals surface area (Å²) in [5.41, 5.74) is 7.13. The van der Waals surface area contributed by atoms with Gasteiger partial charge in [-0.2, -0.15) is 0 Å². The highest BCUT2D eigenvalue weighted by atomic mass is 32.1. The molecule has 0 spiro atoms. The molecule has 2 rings (SSSR count). The zero-order valence-electron chi connectivity index (χ0n) is 14.1. The van der Waals surface area contributed by atoms with Gasteiger partial charge in [0, 0.05) is 16.3 Å². The van der Waals surface area contributed by atoms with Gasteiger partial charge in [-0.3, -0.25) is 0 Å². The quantitative estimate of drug-likeness (QED) is 0.576. The molecule has 24 heavy (non-hydrogen) atoms. The van der Waals surface area contributed by atoms with Crippen molar-refractivity contribution in [2.75, 3.05) is 23.5 Å². The Balaban J connectivity index is 2.21. The predicted molar refractivity (Wildman–Crippen MR) is 97.9 cm³/mol. The summed E-state index contributed by atoms with van der Waals surface area (Å²) < 4.78 is 4.80. The van der Waals surface area contributed by atoms with E-state index in [0.717, 1.165) is 4.88 Å². The van der Waals surface area contributed by atoms with Crippen LogP contribution in [0.4, 0.5) is 21.9 Å². The third-order valence-electron chi connectivity index (χ3n) is 3.26. The number of nitrogens with two attached hydrogens (primary N) is 1. The Hall–Kier alpha value is -2.54. The van der Waals surface area contributed by atoms with Crippen LogP contribution in [0.3, 0.4) is 0 Å². The first-order chi connectivity index (χ1) is 11.2. The molecule has 2 aromatic rings. The first kappa shape index (κ1) is 17.8. The largest absolute Gasteiger partial charge is 0.465 e. The number of rotatable bonds is 3. The number of amides is 2. The molecule has 0 atom stereocenters. The molecular formula is C17H21N3O3S. The van der Waals surface area contributed by atoms with E-state index in [2.05, 4.69) is 10.6 Å². The van der Waals surface area contributed by atoms with Crippen molar-refractivity contribution in [1.29, 1.82) is 0 Å². The molecule has 0 aliphatic carbocycles. The van der Waals surface area contributed by atoms with Gasteiger partial charge in [0.15, 0.2) is 0 Å². The second-order valence-corrected chi connectivity index (χ2v) is 7.35. The number of hydrogen-bond acceptors (Lipinski definition) is 5. The van der Waals surface area contributed by atoms with Gasteiger partial charge in [-0.15, -0.1) is 11.3 Å². The van der Waals surface area contributed by atoms with Gasteiger partial charge in [0.1, 0.15) is 4.88 Å². The van der Waals surface area contributed by atoms with Gasteiger partial charge in [-0.05, 0) is 35.7 Å². The van der Waals surface area contributed by atoms with Crippen molar-refractivity contribution in [2.24, 2.45) is 0 Å². The van der Waals surface area contributed by atoms with Crippen molar-refractivity contribution in [3.63, 3.8) is 0 Å². The lowest BCUT2D eigenvalue weighted by Gasteiger charge is -2.15. The lowest BCUT2D eigenvalue weighted by atomic mass is 9.94. The van der Waals surface area contributed by atoms with Crippen molar-refractivity contribution >= 4 is 40.4 Å². The van der Waals surface area contributed by atoms with E-state index in [1.165, 1.54) is 18.4 Å². The maximum atomic E-state index is 12.2. The van der Waals surface area contributed by atoms with Crippen LogP contribution in [0.25, 0.3) is 0 Å². The van der Waals surface area contributed by atoms with E-state index in [9.17, 15) is 9.59 Å². The number of nitrogens with one attached hydrogen (secondary N) is 2. The number of nitrogen functional groups attached to an aromatic ring is 1. The average molecular weight is 347 g/mol. The van der Waals surface area contributed by atoms with Crippen molar-refractivity contribution in [1.82, 2.24) is 0 Å². The van der Waals surface area contributed by atoms with Crippen LogP contribution in [0.5, 0.6) is 0 Å². The zero-order chi connectivity index (χ0) is 17.9.